The summed E-state index contributed by atoms with van der Waals surface area (Å²) in [5.41, 5.74) is 9.82. The second-order valence-corrected chi connectivity index (χ2v) is 9.48. The van der Waals surface area contributed by atoms with Gasteiger partial charge in [-0.25, -0.2) is 0 Å². The number of nitrogens with one attached hydrogen (secondary N) is 6. The predicted molar refractivity (Wildman–Crippen MR) is 112 cm³/mol. The first-order chi connectivity index (χ1) is 13.5. The molecule has 4 aliphatic rings. The number of fused-ring (bicyclic) bond motifs is 4. The van der Waals surface area contributed by atoms with Gasteiger partial charge in [0.1, 0.15) is 0 Å². The van der Waals surface area contributed by atoms with Crippen LogP contribution in [0.25, 0.3) is 0 Å². The van der Waals surface area contributed by atoms with E-state index in [-0.39, 0.29) is 0 Å². The lowest BCUT2D eigenvalue weighted by Crippen LogP contribution is -2.57. The molecule has 28 heavy (non-hydrogen) atoms. The van der Waals surface area contributed by atoms with Crippen molar-refractivity contribution >= 4 is 46.5 Å². The largest absolute Gasteiger partial charge is 0.358 e. The van der Waals surface area contributed by atoms with Crippen LogP contribution in [0.2, 0.25) is 0 Å². The lowest BCUT2D eigenvalue weighted by Gasteiger charge is -2.25. The molecular weight excluding hydrogens is 396 g/mol. The van der Waals surface area contributed by atoms with Crippen molar-refractivity contribution in [3.8, 4) is 0 Å². The minimum atomic E-state index is -0.840. The number of carbonyl (C=O) groups is 2. The highest BCUT2D eigenvalue weighted by Crippen LogP contribution is 2.45. The standard InChI is InChI=1S/C18H28N6O2S2/c25-15(21-23-17(27)19-13-7-9-1-3-11(13)5-9)16(26)22-24-18(28)20-14-8-10-2-4-12(14)6-10/h9-14H,1-8H2,(H,21,25)(H,22,26)(H2,19,23,27)(H2,20,24,28). The summed E-state index contributed by atoms with van der Waals surface area (Å²) in [6.45, 7) is 0. The highest BCUT2D eigenvalue weighted by molar-refractivity contribution is 7.80. The van der Waals surface area contributed by atoms with Gasteiger partial charge in [-0.1, -0.05) is 12.8 Å². The summed E-state index contributed by atoms with van der Waals surface area (Å²) in [5, 5.41) is 7.14. The summed E-state index contributed by atoms with van der Waals surface area (Å²) in [5.74, 6) is 1.25. The molecule has 0 radical (unpaired) electrons. The molecule has 0 aromatic heterocycles. The van der Waals surface area contributed by atoms with Gasteiger partial charge in [-0.3, -0.25) is 31.3 Å². The molecule has 4 saturated carbocycles. The first-order valence-electron chi connectivity index (χ1n) is 10.2. The van der Waals surface area contributed by atoms with Gasteiger partial charge in [-0.2, -0.15) is 0 Å². The minimum absolute atomic E-state index is 0.333. The van der Waals surface area contributed by atoms with Crippen LogP contribution in [0.5, 0.6) is 0 Å². The van der Waals surface area contributed by atoms with Gasteiger partial charge in [0.05, 0.1) is 0 Å². The molecule has 4 fully saturated rings. The van der Waals surface area contributed by atoms with Crippen LogP contribution in [0, 0.1) is 23.7 Å². The fourth-order valence-electron chi connectivity index (χ4n) is 5.59. The molecule has 8 nitrogen and oxygen atoms in total. The molecule has 10 heteroatoms. The van der Waals surface area contributed by atoms with Crippen LogP contribution in [0.3, 0.4) is 0 Å². The van der Waals surface area contributed by atoms with Crippen LogP contribution in [-0.4, -0.2) is 34.1 Å². The van der Waals surface area contributed by atoms with Crippen molar-refractivity contribution in [3.05, 3.63) is 0 Å². The van der Waals surface area contributed by atoms with E-state index in [2.05, 4.69) is 32.3 Å². The Morgan fingerprint density at radius 3 is 1.36 bits per heavy atom. The van der Waals surface area contributed by atoms with Gasteiger partial charge < -0.3 is 10.6 Å². The molecule has 2 amide bonds. The molecule has 154 valence electrons. The van der Waals surface area contributed by atoms with Crippen molar-refractivity contribution in [2.75, 3.05) is 0 Å². The summed E-state index contributed by atoms with van der Waals surface area (Å²) in [6.07, 6.45) is 9.87. The quantitative estimate of drug-likeness (QED) is 0.214. The zero-order chi connectivity index (χ0) is 19.7. The maximum Gasteiger partial charge on any atom is 0.329 e. The van der Waals surface area contributed by atoms with Gasteiger partial charge in [0.25, 0.3) is 0 Å². The van der Waals surface area contributed by atoms with E-state index in [0.29, 0.717) is 34.1 Å². The number of carbonyl (C=O) groups excluding carboxylic acids is 2. The summed E-state index contributed by atoms with van der Waals surface area (Å²) >= 11 is 10.4. The van der Waals surface area contributed by atoms with Gasteiger partial charge in [0.2, 0.25) is 0 Å². The van der Waals surface area contributed by atoms with E-state index in [1.165, 1.54) is 38.5 Å². The van der Waals surface area contributed by atoms with Crippen molar-refractivity contribution in [1.29, 1.82) is 0 Å². The Morgan fingerprint density at radius 1 is 0.607 bits per heavy atom. The Balaban J connectivity index is 1.10. The van der Waals surface area contributed by atoms with Gasteiger partial charge >= 0.3 is 11.8 Å². The molecule has 6 unspecified atom stereocenters. The number of rotatable bonds is 2. The molecule has 4 aliphatic carbocycles. The molecule has 4 bridgehead atoms. The molecule has 0 aromatic rings. The molecule has 6 N–H and O–H groups in total. The zero-order valence-corrected chi connectivity index (χ0v) is 17.4. The fourth-order valence-corrected chi connectivity index (χ4v) is 6.00. The van der Waals surface area contributed by atoms with E-state index < -0.39 is 11.8 Å². The van der Waals surface area contributed by atoms with Crippen LogP contribution in [-0.2, 0) is 9.59 Å². The highest BCUT2D eigenvalue weighted by Gasteiger charge is 2.40. The lowest BCUT2D eigenvalue weighted by atomic mass is 9.96. The molecule has 4 rings (SSSR count). The Labute approximate surface area is 175 Å². The topological polar surface area (TPSA) is 106 Å². The van der Waals surface area contributed by atoms with Gasteiger partial charge in [-0.05, 0) is 86.6 Å². The summed E-state index contributed by atoms with van der Waals surface area (Å²) < 4.78 is 0. The number of hydrogen-bond donors (Lipinski definition) is 6. The maximum absolute atomic E-state index is 11.9. The van der Waals surface area contributed by atoms with E-state index in [0.717, 1.165) is 24.7 Å². The fraction of sp³-hybridized carbons (Fsp3) is 0.778. The van der Waals surface area contributed by atoms with Crippen molar-refractivity contribution in [1.82, 2.24) is 32.3 Å². The number of amides is 2. The number of hydrogen-bond acceptors (Lipinski definition) is 4. The van der Waals surface area contributed by atoms with Crippen LogP contribution in [0.1, 0.15) is 51.4 Å². The maximum atomic E-state index is 11.9. The molecule has 0 spiro atoms. The van der Waals surface area contributed by atoms with E-state index in [9.17, 15) is 9.59 Å². The third-order valence-electron chi connectivity index (χ3n) is 6.89. The SMILES string of the molecule is O=C(NNC(=S)NC1CC2CCC1C2)C(=O)NNC(=S)NC1CC2CCC1C2. The molecular formula is C18H28N6O2S2. The zero-order valence-electron chi connectivity index (χ0n) is 15.8. The average molecular weight is 425 g/mol. The van der Waals surface area contributed by atoms with Crippen molar-refractivity contribution in [2.45, 2.75) is 63.5 Å². The van der Waals surface area contributed by atoms with E-state index in [4.69, 9.17) is 24.4 Å². The highest BCUT2D eigenvalue weighted by atomic mass is 32.1. The lowest BCUT2D eigenvalue weighted by molar-refractivity contribution is -0.139. The van der Waals surface area contributed by atoms with Gasteiger partial charge in [0.15, 0.2) is 10.2 Å². The van der Waals surface area contributed by atoms with Gasteiger partial charge in [-0.15, -0.1) is 0 Å². The molecule has 0 aliphatic heterocycles. The average Bonchev–Trinajstić information content (AvgIpc) is 3.45. The van der Waals surface area contributed by atoms with E-state index in [1.54, 1.807) is 0 Å². The van der Waals surface area contributed by atoms with Crippen LogP contribution < -0.4 is 32.3 Å². The van der Waals surface area contributed by atoms with Crippen LogP contribution >= 0.6 is 24.4 Å². The van der Waals surface area contributed by atoms with Gasteiger partial charge in [0, 0.05) is 12.1 Å². The Kier molecular flexibility index (Phi) is 5.86. The molecule has 6 atom stereocenters. The van der Waals surface area contributed by atoms with Crippen molar-refractivity contribution in [2.24, 2.45) is 23.7 Å². The number of hydrazine groups is 2. The van der Waals surface area contributed by atoms with E-state index >= 15 is 0 Å². The Hall–Kier alpha value is -1.68. The van der Waals surface area contributed by atoms with Crippen LogP contribution in [0.15, 0.2) is 0 Å². The molecule has 0 aromatic carbocycles. The predicted octanol–water partition coefficient (Wildman–Crippen LogP) is 0.354. The first-order valence-corrected chi connectivity index (χ1v) is 11.0. The summed E-state index contributed by atoms with van der Waals surface area (Å²) in [7, 11) is 0. The summed E-state index contributed by atoms with van der Waals surface area (Å²) in [6, 6.07) is 0.723. The summed E-state index contributed by atoms with van der Waals surface area (Å²) in [4.78, 5) is 23.8. The molecule has 0 heterocycles. The third kappa shape index (κ3) is 4.48. The number of thiocarbonyl (C=S) groups is 2. The second-order valence-electron chi connectivity index (χ2n) is 8.67. The van der Waals surface area contributed by atoms with Crippen LogP contribution in [0.4, 0.5) is 0 Å². The minimum Gasteiger partial charge on any atom is -0.358 e. The second kappa shape index (κ2) is 8.36. The Morgan fingerprint density at radius 2 is 1.04 bits per heavy atom. The smallest absolute Gasteiger partial charge is 0.329 e. The van der Waals surface area contributed by atoms with Crippen molar-refractivity contribution < 1.29 is 9.59 Å². The molecule has 0 saturated heterocycles. The monoisotopic (exact) mass is 424 g/mol. The van der Waals surface area contributed by atoms with Crippen molar-refractivity contribution in [3.63, 3.8) is 0 Å². The Bertz CT molecular complexity index is 618. The first kappa shape index (κ1) is 19.6. The third-order valence-corrected chi connectivity index (χ3v) is 7.33. The van der Waals surface area contributed by atoms with E-state index in [1.807, 2.05) is 0 Å². The normalized spacial score (nSPS) is 34.6.